The number of ether oxygens (including phenoxy) is 1. The van der Waals surface area contributed by atoms with Crippen LogP contribution in [0.2, 0.25) is 4.47 Å². The Labute approximate surface area is 121 Å². The molecule has 1 aromatic carbocycles. The molecular weight excluding hydrogens is 336 g/mol. The molecule has 0 saturated carbocycles. The van der Waals surface area contributed by atoms with Crippen molar-refractivity contribution in [2.75, 3.05) is 6.61 Å². The van der Waals surface area contributed by atoms with Crippen LogP contribution in [0.3, 0.4) is 0 Å². The van der Waals surface area contributed by atoms with Crippen LogP contribution in [0.1, 0.15) is 38.2 Å². The van der Waals surface area contributed by atoms with Crippen LogP contribution < -0.4 is 0 Å². The molecule has 0 bridgehead atoms. The molecule has 0 amide bonds. The van der Waals surface area contributed by atoms with E-state index >= 15 is 0 Å². The molecule has 1 aromatic rings. The number of benzene rings is 1. The summed E-state index contributed by atoms with van der Waals surface area (Å²) in [5.41, 5.74) is 1.25. The molecule has 0 aliphatic heterocycles. The summed E-state index contributed by atoms with van der Waals surface area (Å²) >= 11 is -0.0101. The quantitative estimate of drug-likeness (QED) is 0.390. The van der Waals surface area contributed by atoms with E-state index in [1.165, 1.54) is 22.9 Å². The average Bonchev–Trinajstić information content (AvgIpc) is 2.42. The summed E-state index contributed by atoms with van der Waals surface area (Å²) in [6.07, 6.45) is 4.71. The third-order valence-electron chi connectivity index (χ3n) is 2.45. The molecule has 0 aliphatic carbocycles. The van der Waals surface area contributed by atoms with Crippen molar-refractivity contribution in [2.24, 2.45) is 0 Å². The Morgan fingerprint density at radius 3 is 2.78 bits per heavy atom. The van der Waals surface area contributed by atoms with E-state index < -0.39 is 0 Å². The second-order valence-electron chi connectivity index (χ2n) is 4.12. The first-order valence-electron chi connectivity index (χ1n) is 6.65. The molecule has 1 nitrogen and oxygen atoms in total. The van der Waals surface area contributed by atoms with Gasteiger partial charge in [-0.05, 0) is 0 Å². The zero-order valence-corrected chi connectivity index (χ0v) is 13.5. The standard InChI is InChI=1S/C16H22OTe/c1-2-3-13-18-14-9-5-8-12-17-15-16-10-6-4-7-11-16/h4,6-7,10-11H,2-3,5,8,12-13,15H2,1H3. The summed E-state index contributed by atoms with van der Waals surface area (Å²) in [6.45, 7) is 3.78. The van der Waals surface area contributed by atoms with Crippen molar-refractivity contribution in [1.29, 1.82) is 0 Å². The van der Waals surface area contributed by atoms with E-state index in [9.17, 15) is 0 Å². The molecule has 0 radical (unpaired) electrons. The topological polar surface area (TPSA) is 9.23 Å². The van der Waals surface area contributed by atoms with Crippen molar-refractivity contribution in [3.05, 3.63) is 35.9 Å². The van der Waals surface area contributed by atoms with Gasteiger partial charge < -0.3 is 0 Å². The number of hydrogen-bond acceptors (Lipinski definition) is 1. The molecule has 0 unspecified atom stereocenters. The second kappa shape index (κ2) is 11.6. The molecule has 0 saturated heterocycles. The van der Waals surface area contributed by atoms with Crippen LogP contribution in [0.4, 0.5) is 0 Å². The first kappa shape index (κ1) is 15.6. The molecular formula is C16H22OTe. The van der Waals surface area contributed by atoms with Crippen molar-refractivity contribution in [1.82, 2.24) is 0 Å². The Kier molecular flexibility index (Phi) is 10.1. The van der Waals surface area contributed by atoms with E-state index in [0.717, 1.165) is 26.1 Å². The molecule has 2 heteroatoms. The molecule has 0 aromatic heterocycles. The Bertz CT molecular complexity index is 350. The van der Waals surface area contributed by atoms with Crippen LogP contribution in [0.15, 0.2) is 30.3 Å². The van der Waals surface area contributed by atoms with Gasteiger partial charge in [0.2, 0.25) is 0 Å². The third kappa shape index (κ3) is 8.60. The zero-order valence-electron chi connectivity index (χ0n) is 11.2. The third-order valence-corrected chi connectivity index (χ3v) is 4.68. The second-order valence-corrected chi connectivity index (χ2v) is 6.69. The molecule has 0 heterocycles. The predicted molar refractivity (Wildman–Crippen MR) is 78.6 cm³/mol. The van der Waals surface area contributed by atoms with Gasteiger partial charge >= 0.3 is 122 Å². The Hall–Kier alpha value is -0.470. The van der Waals surface area contributed by atoms with Gasteiger partial charge in [-0.25, -0.2) is 0 Å². The Morgan fingerprint density at radius 1 is 1.17 bits per heavy atom. The first-order chi connectivity index (χ1) is 8.93. The summed E-state index contributed by atoms with van der Waals surface area (Å²) in [7, 11) is 0. The molecule has 0 spiro atoms. The summed E-state index contributed by atoms with van der Waals surface area (Å²) in [5.74, 6) is 3.27. The van der Waals surface area contributed by atoms with E-state index in [2.05, 4.69) is 28.9 Å². The SMILES string of the molecule is CCCC[Te]C#CCCCOCc1ccccc1. The molecule has 18 heavy (non-hydrogen) atoms. The van der Waals surface area contributed by atoms with Gasteiger partial charge in [0.1, 0.15) is 0 Å². The van der Waals surface area contributed by atoms with Crippen molar-refractivity contribution < 1.29 is 4.74 Å². The van der Waals surface area contributed by atoms with E-state index in [-0.39, 0.29) is 20.9 Å². The molecule has 0 fully saturated rings. The van der Waals surface area contributed by atoms with Gasteiger partial charge in [0.05, 0.1) is 0 Å². The maximum atomic E-state index is 5.61. The van der Waals surface area contributed by atoms with Crippen molar-refractivity contribution in [3.8, 4) is 9.89 Å². The molecule has 0 aliphatic rings. The van der Waals surface area contributed by atoms with Crippen LogP contribution in [-0.2, 0) is 11.3 Å². The van der Waals surface area contributed by atoms with Gasteiger partial charge in [-0.3, -0.25) is 0 Å². The van der Waals surface area contributed by atoms with Crippen molar-refractivity contribution in [3.63, 3.8) is 0 Å². The molecule has 0 atom stereocenters. The average molecular weight is 358 g/mol. The van der Waals surface area contributed by atoms with E-state index in [1.807, 2.05) is 18.2 Å². The van der Waals surface area contributed by atoms with Crippen LogP contribution in [0, 0.1) is 9.89 Å². The van der Waals surface area contributed by atoms with Gasteiger partial charge in [-0.15, -0.1) is 0 Å². The summed E-state index contributed by atoms with van der Waals surface area (Å²) < 4.78 is 10.3. The van der Waals surface area contributed by atoms with Crippen LogP contribution >= 0.6 is 0 Å². The van der Waals surface area contributed by atoms with Gasteiger partial charge in [-0.1, -0.05) is 0 Å². The van der Waals surface area contributed by atoms with Crippen molar-refractivity contribution in [2.45, 2.75) is 43.7 Å². The zero-order chi connectivity index (χ0) is 12.9. The minimum atomic E-state index is -0.0101. The normalized spacial score (nSPS) is 9.83. The minimum absolute atomic E-state index is 0.0101. The Morgan fingerprint density at radius 2 is 2.00 bits per heavy atom. The fourth-order valence-electron chi connectivity index (χ4n) is 1.40. The fraction of sp³-hybridized carbons (Fsp3) is 0.500. The summed E-state index contributed by atoms with van der Waals surface area (Å²) in [5, 5.41) is 0. The van der Waals surface area contributed by atoms with E-state index in [1.54, 1.807) is 0 Å². The monoisotopic (exact) mass is 360 g/mol. The van der Waals surface area contributed by atoms with Crippen LogP contribution in [0.25, 0.3) is 0 Å². The van der Waals surface area contributed by atoms with Gasteiger partial charge in [0.15, 0.2) is 0 Å². The predicted octanol–water partition coefficient (Wildman–Crippen LogP) is 3.87. The number of hydrogen-bond donors (Lipinski definition) is 0. The summed E-state index contributed by atoms with van der Waals surface area (Å²) in [4.78, 5) is 0. The van der Waals surface area contributed by atoms with Gasteiger partial charge in [0.25, 0.3) is 0 Å². The molecule has 0 N–H and O–H groups in total. The van der Waals surface area contributed by atoms with Gasteiger partial charge in [-0.2, -0.15) is 0 Å². The fourth-order valence-corrected chi connectivity index (χ4v) is 3.51. The van der Waals surface area contributed by atoms with Crippen LogP contribution in [-0.4, -0.2) is 27.5 Å². The van der Waals surface area contributed by atoms with Gasteiger partial charge in [0, 0.05) is 0 Å². The van der Waals surface area contributed by atoms with E-state index in [0.29, 0.717) is 0 Å². The number of unbranched alkanes of at least 4 members (excludes halogenated alkanes) is 2. The van der Waals surface area contributed by atoms with Crippen molar-refractivity contribution >= 4 is 20.9 Å². The molecule has 98 valence electrons. The summed E-state index contributed by atoms with van der Waals surface area (Å²) in [6, 6.07) is 10.3. The maximum absolute atomic E-state index is 5.61. The molecule has 1 rings (SSSR count). The van der Waals surface area contributed by atoms with Crippen LogP contribution in [0.5, 0.6) is 0 Å². The first-order valence-corrected chi connectivity index (χ1v) is 9.46. The number of rotatable bonds is 8. The Balaban J connectivity index is 1.93. The van der Waals surface area contributed by atoms with E-state index in [4.69, 9.17) is 4.74 Å².